The van der Waals surface area contributed by atoms with Crippen LogP contribution in [0.2, 0.25) is 0 Å². The molecule has 5 unspecified atom stereocenters. The molecule has 0 spiro atoms. The fourth-order valence-electron chi connectivity index (χ4n) is 7.86. The van der Waals surface area contributed by atoms with E-state index in [1.54, 1.807) is 11.1 Å². The smallest absolute Gasteiger partial charge is 0.162 e. The summed E-state index contributed by atoms with van der Waals surface area (Å²) in [5, 5.41) is 0. The third kappa shape index (κ3) is 2.64. The number of allylic oxidation sites excluding steroid dienone is 4. The molecule has 0 radical (unpaired) electrons. The van der Waals surface area contributed by atoms with Gasteiger partial charge in [0.2, 0.25) is 0 Å². The zero-order valence-corrected chi connectivity index (χ0v) is 19.8. The summed E-state index contributed by atoms with van der Waals surface area (Å²) < 4.78 is 13.9. The number of benzene rings is 1. The van der Waals surface area contributed by atoms with Gasteiger partial charge in [-0.05, 0) is 48.2 Å². The highest BCUT2D eigenvalue weighted by molar-refractivity contribution is 7.95. The molecule has 1 fully saturated rings. The molecule has 0 bridgehead atoms. The lowest BCUT2D eigenvalue weighted by atomic mass is 9.52. The molecular weight excluding hydrogens is 372 g/mol. The van der Waals surface area contributed by atoms with Crippen molar-refractivity contribution in [2.45, 2.75) is 84.0 Å². The molecule has 1 aliphatic heterocycles. The highest BCUT2D eigenvalue weighted by Crippen LogP contribution is 2.63. The molecule has 1 saturated carbocycles. The Hall–Kier alpha value is -0.990. The number of rotatable bonds is 0. The van der Waals surface area contributed by atoms with Gasteiger partial charge in [-0.25, -0.2) is 0 Å². The molecule has 0 aromatic heterocycles. The van der Waals surface area contributed by atoms with E-state index in [0.29, 0.717) is 11.8 Å². The third-order valence-corrected chi connectivity index (χ3v) is 10.5. The first-order valence-corrected chi connectivity index (χ1v) is 12.8. The molecule has 1 aromatic carbocycles. The number of hydrogen-bond acceptors (Lipinski definition) is 1. The van der Waals surface area contributed by atoms with Gasteiger partial charge >= 0.3 is 0 Å². The van der Waals surface area contributed by atoms with Gasteiger partial charge < -0.3 is 4.55 Å². The Labute approximate surface area is 180 Å². The second-order valence-corrected chi connectivity index (χ2v) is 12.6. The van der Waals surface area contributed by atoms with Crippen molar-refractivity contribution < 1.29 is 4.55 Å². The Morgan fingerprint density at radius 2 is 1.62 bits per heavy atom. The Bertz CT molecular complexity index is 918. The predicted molar refractivity (Wildman–Crippen MR) is 122 cm³/mol. The van der Waals surface area contributed by atoms with Crippen molar-refractivity contribution in [3.05, 3.63) is 51.5 Å². The molecule has 0 amide bonds. The van der Waals surface area contributed by atoms with Crippen molar-refractivity contribution in [2.24, 2.45) is 29.1 Å². The fourth-order valence-corrected chi connectivity index (χ4v) is 9.90. The zero-order chi connectivity index (χ0) is 20.7. The fraction of sp³-hybridized carbons (Fsp3) is 0.630. The Balaban J connectivity index is 1.73. The van der Waals surface area contributed by atoms with E-state index in [1.807, 2.05) is 0 Å². The maximum absolute atomic E-state index is 13.9. The second-order valence-electron chi connectivity index (χ2n) is 11.2. The van der Waals surface area contributed by atoms with Gasteiger partial charge in [-0.1, -0.05) is 83.7 Å². The van der Waals surface area contributed by atoms with Crippen LogP contribution in [0.25, 0.3) is 0 Å². The van der Waals surface area contributed by atoms with E-state index >= 15 is 0 Å². The number of fused-ring (bicyclic) bond motifs is 3. The third-order valence-electron chi connectivity index (χ3n) is 8.75. The lowest BCUT2D eigenvalue weighted by Gasteiger charge is -2.54. The molecule has 1 heterocycles. The summed E-state index contributed by atoms with van der Waals surface area (Å²) in [5.41, 5.74) is 6.31. The van der Waals surface area contributed by atoms with Crippen LogP contribution in [0.4, 0.5) is 0 Å². The maximum Gasteiger partial charge on any atom is 0.162 e. The lowest BCUT2D eigenvalue weighted by molar-refractivity contribution is 0.151. The Morgan fingerprint density at radius 1 is 0.931 bits per heavy atom. The van der Waals surface area contributed by atoms with Crippen molar-refractivity contribution in [3.8, 4) is 0 Å². The van der Waals surface area contributed by atoms with E-state index in [2.05, 4.69) is 65.8 Å². The van der Waals surface area contributed by atoms with E-state index in [1.165, 1.54) is 48.1 Å². The summed E-state index contributed by atoms with van der Waals surface area (Å²) in [6, 6.07) is 8.48. The van der Waals surface area contributed by atoms with Crippen LogP contribution in [-0.2, 0) is 16.6 Å². The van der Waals surface area contributed by atoms with Gasteiger partial charge in [-0.3, -0.25) is 0 Å². The molecule has 5 rings (SSSR count). The monoisotopic (exact) mass is 408 g/mol. The van der Waals surface area contributed by atoms with Crippen LogP contribution in [0.15, 0.2) is 50.8 Å². The van der Waals surface area contributed by atoms with Gasteiger partial charge in [-0.2, -0.15) is 0 Å². The molecule has 4 aliphatic rings. The van der Waals surface area contributed by atoms with Crippen molar-refractivity contribution in [2.75, 3.05) is 0 Å². The van der Waals surface area contributed by atoms with Crippen molar-refractivity contribution in [3.63, 3.8) is 0 Å². The molecule has 1 nitrogen and oxygen atoms in total. The average Bonchev–Trinajstić information content (AvgIpc) is 2.67. The minimum atomic E-state index is -1.04. The molecule has 1 aromatic rings. The van der Waals surface area contributed by atoms with Crippen LogP contribution in [0.5, 0.6) is 0 Å². The second kappa shape index (κ2) is 6.50. The number of hydrogen-bond donors (Lipinski definition) is 0. The highest BCUT2D eigenvalue weighted by Gasteiger charge is 2.55. The van der Waals surface area contributed by atoms with Gasteiger partial charge in [0.15, 0.2) is 4.90 Å². The topological polar surface area (TPSA) is 23.1 Å². The van der Waals surface area contributed by atoms with Gasteiger partial charge in [-0.15, -0.1) is 0 Å². The van der Waals surface area contributed by atoms with Gasteiger partial charge in [0.05, 0.1) is 0 Å². The van der Waals surface area contributed by atoms with Crippen LogP contribution >= 0.6 is 0 Å². The minimum Gasteiger partial charge on any atom is -0.607 e. The van der Waals surface area contributed by atoms with E-state index in [-0.39, 0.29) is 10.8 Å². The van der Waals surface area contributed by atoms with Crippen LogP contribution in [0.3, 0.4) is 0 Å². The van der Waals surface area contributed by atoms with E-state index < -0.39 is 11.2 Å². The summed E-state index contributed by atoms with van der Waals surface area (Å²) in [6.45, 7) is 14.5. The minimum absolute atomic E-state index is 0.0640. The van der Waals surface area contributed by atoms with Gasteiger partial charge in [0.25, 0.3) is 0 Å². The molecule has 29 heavy (non-hydrogen) atoms. The summed E-state index contributed by atoms with van der Waals surface area (Å²) in [7, 11) is 0. The summed E-state index contributed by atoms with van der Waals surface area (Å²) in [4.78, 5) is 2.30. The average molecular weight is 409 g/mol. The van der Waals surface area contributed by atoms with Crippen molar-refractivity contribution >= 4 is 11.2 Å². The molecule has 0 N–H and O–H groups in total. The van der Waals surface area contributed by atoms with E-state index in [4.69, 9.17) is 0 Å². The van der Waals surface area contributed by atoms with Crippen LogP contribution < -0.4 is 0 Å². The first-order chi connectivity index (χ1) is 13.7. The Morgan fingerprint density at radius 3 is 2.38 bits per heavy atom. The van der Waals surface area contributed by atoms with Gasteiger partial charge in [0, 0.05) is 34.0 Å². The summed E-state index contributed by atoms with van der Waals surface area (Å²) >= 11 is -1.04. The summed E-state index contributed by atoms with van der Waals surface area (Å²) in [6.07, 6.45) is 6.81. The van der Waals surface area contributed by atoms with Crippen molar-refractivity contribution in [1.82, 2.24) is 0 Å². The molecular formula is C27H36OS. The standard InChI is InChI=1S/C27H36OS/c1-16-22-19-12-8-7-11-18(19)15-26(3,4)23(22)17(2)24-25(16)29(28)21-14-10-9-13-20(21)27(24,5)6/h9-10,13-14,16-19H,7-8,11-12,15H2,1-6H3. The largest absolute Gasteiger partial charge is 0.607 e. The molecule has 0 saturated heterocycles. The lowest BCUT2D eigenvalue weighted by Crippen LogP contribution is -2.46. The molecule has 2 heteroatoms. The first-order valence-electron chi connectivity index (χ1n) is 11.7. The SMILES string of the molecule is CC1C2=C(C(C)C3=C1[S+]([O-])c1ccccc1C3(C)C)C(C)(C)CC1CCCCC21. The van der Waals surface area contributed by atoms with Gasteiger partial charge in [0.1, 0.15) is 4.91 Å². The van der Waals surface area contributed by atoms with Crippen LogP contribution in [-0.4, -0.2) is 4.55 Å². The quantitative estimate of drug-likeness (QED) is 0.330. The van der Waals surface area contributed by atoms with E-state index in [0.717, 1.165) is 16.7 Å². The Kier molecular flexibility index (Phi) is 4.47. The molecule has 156 valence electrons. The van der Waals surface area contributed by atoms with Crippen LogP contribution in [0.1, 0.15) is 79.2 Å². The zero-order valence-electron chi connectivity index (χ0n) is 19.0. The summed E-state index contributed by atoms with van der Waals surface area (Å²) in [5.74, 6) is 2.25. The molecule has 3 aliphatic carbocycles. The maximum atomic E-state index is 13.9. The van der Waals surface area contributed by atoms with Crippen molar-refractivity contribution in [1.29, 1.82) is 0 Å². The first kappa shape index (κ1) is 19.9. The predicted octanol–water partition coefficient (Wildman–Crippen LogP) is 7.16. The molecule has 5 atom stereocenters. The highest BCUT2D eigenvalue weighted by atomic mass is 32.2. The van der Waals surface area contributed by atoms with E-state index in [9.17, 15) is 4.55 Å². The van der Waals surface area contributed by atoms with Crippen LogP contribution in [0, 0.1) is 29.1 Å². The normalized spacial score (nSPS) is 37.4.